The third-order valence-corrected chi connectivity index (χ3v) is 2.77. The Hall–Kier alpha value is -1.48. The molecule has 0 aliphatic carbocycles. The van der Waals surface area contributed by atoms with E-state index in [-0.39, 0.29) is 6.04 Å². The molecule has 1 unspecified atom stereocenters. The molecule has 2 rings (SSSR count). The second-order valence-corrected chi connectivity index (χ2v) is 4.10. The average molecular weight is 233 g/mol. The van der Waals surface area contributed by atoms with Crippen LogP contribution in [0.2, 0.25) is 0 Å². The third kappa shape index (κ3) is 2.61. The maximum atomic E-state index is 5.79. The van der Waals surface area contributed by atoms with Crippen LogP contribution in [-0.2, 0) is 6.42 Å². The maximum absolute atomic E-state index is 5.79. The number of aryl methyl sites for hydroxylation is 2. The lowest BCUT2D eigenvalue weighted by atomic mass is 10.1. The van der Waals surface area contributed by atoms with Crippen LogP contribution in [0.25, 0.3) is 0 Å². The molecule has 0 aromatic carbocycles. The van der Waals surface area contributed by atoms with E-state index in [1.165, 1.54) is 0 Å². The molecule has 3 heteroatoms. The summed E-state index contributed by atoms with van der Waals surface area (Å²) in [6.07, 6.45) is 0.913. The van der Waals surface area contributed by atoms with E-state index in [0.717, 1.165) is 36.0 Å². The molecule has 2 aromatic heterocycles. The van der Waals surface area contributed by atoms with Crippen LogP contribution < -0.4 is 5.32 Å². The van der Waals surface area contributed by atoms with E-state index in [9.17, 15) is 0 Å². The first-order chi connectivity index (χ1) is 8.24. The Morgan fingerprint density at radius 3 is 2.29 bits per heavy atom. The van der Waals surface area contributed by atoms with E-state index in [0.29, 0.717) is 0 Å². The van der Waals surface area contributed by atoms with Gasteiger partial charge >= 0.3 is 0 Å². The fraction of sp³-hybridized carbons (Fsp3) is 0.429. The molecule has 2 aromatic rings. The van der Waals surface area contributed by atoms with Gasteiger partial charge in [0.05, 0.1) is 0 Å². The lowest BCUT2D eigenvalue weighted by Gasteiger charge is -2.12. The zero-order valence-corrected chi connectivity index (χ0v) is 10.6. The molecule has 0 amide bonds. The Bertz CT molecular complexity index is 470. The van der Waals surface area contributed by atoms with Crippen LogP contribution in [0.5, 0.6) is 0 Å². The Labute approximate surface area is 102 Å². The summed E-state index contributed by atoms with van der Waals surface area (Å²) in [6.45, 7) is 6.98. The van der Waals surface area contributed by atoms with Crippen molar-refractivity contribution in [2.24, 2.45) is 0 Å². The standard InChI is InChI=1S/C14H19NO2/c1-4-11-7-9-13(17-11)14(15-5-2)12-8-6-10(3)16-12/h6-9,14-15H,4-5H2,1-3H3. The number of hydrogen-bond donors (Lipinski definition) is 1. The molecule has 0 bridgehead atoms. The van der Waals surface area contributed by atoms with Gasteiger partial charge in [-0.15, -0.1) is 0 Å². The first-order valence-corrected chi connectivity index (χ1v) is 6.13. The van der Waals surface area contributed by atoms with Crippen LogP contribution in [0.1, 0.15) is 42.9 Å². The average Bonchev–Trinajstić information content (AvgIpc) is 2.94. The van der Waals surface area contributed by atoms with Crippen molar-refractivity contribution in [2.75, 3.05) is 6.54 Å². The van der Waals surface area contributed by atoms with Gasteiger partial charge in [0.15, 0.2) is 0 Å². The number of nitrogens with one attached hydrogen (secondary N) is 1. The highest BCUT2D eigenvalue weighted by Crippen LogP contribution is 2.25. The molecular formula is C14H19NO2. The summed E-state index contributed by atoms with van der Waals surface area (Å²) < 4.78 is 11.5. The minimum absolute atomic E-state index is 0.00833. The van der Waals surface area contributed by atoms with E-state index in [4.69, 9.17) is 8.83 Å². The normalized spacial score (nSPS) is 12.9. The fourth-order valence-electron chi connectivity index (χ4n) is 1.89. The molecule has 0 fully saturated rings. The van der Waals surface area contributed by atoms with Crippen LogP contribution >= 0.6 is 0 Å². The molecule has 0 saturated carbocycles. The van der Waals surface area contributed by atoms with E-state index >= 15 is 0 Å². The summed E-state index contributed by atoms with van der Waals surface area (Å²) in [7, 11) is 0. The van der Waals surface area contributed by atoms with Gasteiger partial charge in [-0.3, -0.25) is 0 Å². The highest BCUT2D eigenvalue weighted by atomic mass is 16.4. The number of furan rings is 2. The Morgan fingerprint density at radius 2 is 1.76 bits per heavy atom. The van der Waals surface area contributed by atoms with Crippen molar-refractivity contribution in [2.45, 2.75) is 33.2 Å². The van der Waals surface area contributed by atoms with Crippen LogP contribution in [0.3, 0.4) is 0 Å². The minimum Gasteiger partial charge on any atom is -0.464 e. The molecular weight excluding hydrogens is 214 g/mol. The van der Waals surface area contributed by atoms with Crippen molar-refractivity contribution in [1.82, 2.24) is 5.32 Å². The quantitative estimate of drug-likeness (QED) is 0.859. The Kier molecular flexibility index (Phi) is 3.69. The van der Waals surface area contributed by atoms with Crippen molar-refractivity contribution in [1.29, 1.82) is 0 Å². The van der Waals surface area contributed by atoms with Gasteiger partial charge in [-0.1, -0.05) is 13.8 Å². The highest BCUT2D eigenvalue weighted by Gasteiger charge is 2.19. The van der Waals surface area contributed by atoms with Gasteiger partial charge in [0, 0.05) is 6.42 Å². The predicted octanol–water partition coefficient (Wildman–Crippen LogP) is 3.44. The lowest BCUT2D eigenvalue weighted by molar-refractivity contribution is 0.374. The molecule has 17 heavy (non-hydrogen) atoms. The Morgan fingerprint density at radius 1 is 1.06 bits per heavy atom. The highest BCUT2D eigenvalue weighted by molar-refractivity contribution is 5.21. The summed E-state index contributed by atoms with van der Waals surface area (Å²) in [4.78, 5) is 0. The van der Waals surface area contributed by atoms with Gasteiger partial charge in [-0.05, 0) is 37.7 Å². The summed E-state index contributed by atoms with van der Waals surface area (Å²) in [6, 6.07) is 8.02. The Balaban J connectivity index is 2.28. The molecule has 0 saturated heterocycles. The second-order valence-electron chi connectivity index (χ2n) is 4.10. The van der Waals surface area contributed by atoms with Crippen LogP contribution in [-0.4, -0.2) is 6.54 Å². The van der Waals surface area contributed by atoms with Gasteiger partial charge in [-0.2, -0.15) is 0 Å². The molecule has 0 aliphatic rings. The summed E-state index contributed by atoms with van der Waals surface area (Å²) in [5.74, 6) is 3.75. The van der Waals surface area contributed by atoms with Gasteiger partial charge < -0.3 is 14.2 Å². The minimum atomic E-state index is 0.00833. The van der Waals surface area contributed by atoms with Crippen LogP contribution in [0.15, 0.2) is 33.1 Å². The number of hydrogen-bond acceptors (Lipinski definition) is 3. The van der Waals surface area contributed by atoms with Crippen molar-refractivity contribution in [3.05, 3.63) is 47.3 Å². The lowest BCUT2D eigenvalue weighted by Crippen LogP contribution is -2.21. The molecule has 92 valence electrons. The van der Waals surface area contributed by atoms with Gasteiger partial charge in [-0.25, -0.2) is 0 Å². The fourth-order valence-corrected chi connectivity index (χ4v) is 1.89. The molecule has 0 aliphatic heterocycles. The van der Waals surface area contributed by atoms with Crippen LogP contribution in [0.4, 0.5) is 0 Å². The van der Waals surface area contributed by atoms with Crippen molar-refractivity contribution in [3.8, 4) is 0 Å². The zero-order valence-electron chi connectivity index (χ0n) is 10.6. The molecule has 2 heterocycles. The summed E-state index contributed by atoms with van der Waals surface area (Å²) in [5.41, 5.74) is 0. The zero-order chi connectivity index (χ0) is 12.3. The molecule has 0 radical (unpaired) electrons. The predicted molar refractivity (Wildman–Crippen MR) is 67.1 cm³/mol. The summed E-state index contributed by atoms with van der Waals surface area (Å²) in [5, 5.41) is 3.38. The number of rotatable bonds is 5. The van der Waals surface area contributed by atoms with Crippen molar-refractivity contribution in [3.63, 3.8) is 0 Å². The van der Waals surface area contributed by atoms with E-state index < -0.39 is 0 Å². The maximum Gasteiger partial charge on any atom is 0.128 e. The SMILES string of the molecule is CCNC(c1ccc(C)o1)c1ccc(CC)o1. The van der Waals surface area contributed by atoms with Gasteiger partial charge in [0.2, 0.25) is 0 Å². The molecule has 3 nitrogen and oxygen atoms in total. The smallest absolute Gasteiger partial charge is 0.128 e. The third-order valence-electron chi connectivity index (χ3n) is 2.77. The van der Waals surface area contributed by atoms with E-state index in [2.05, 4.69) is 19.2 Å². The second kappa shape index (κ2) is 5.23. The molecule has 1 N–H and O–H groups in total. The van der Waals surface area contributed by atoms with Gasteiger partial charge in [0.1, 0.15) is 29.1 Å². The molecule has 0 spiro atoms. The molecule has 1 atom stereocenters. The van der Waals surface area contributed by atoms with Crippen molar-refractivity contribution < 1.29 is 8.83 Å². The first kappa shape index (κ1) is 12.0. The summed E-state index contributed by atoms with van der Waals surface area (Å²) >= 11 is 0. The largest absolute Gasteiger partial charge is 0.464 e. The van der Waals surface area contributed by atoms with Crippen molar-refractivity contribution >= 4 is 0 Å². The van der Waals surface area contributed by atoms with Gasteiger partial charge in [0.25, 0.3) is 0 Å². The van der Waals surface area contributed by atoms with Crippen LogP contribution in [0, 0.1) is 6.92 Å². The van der Waals surface area contributed by atoms with E-state index in [1.807, 2.05) is 31.2 Å². The topological polar surface area (TPSA) is 38.3 Å². The first-order valence-electron chi connectivity index (χ1n) is 6.13. The monoisotopic (exact) mass is 233 g/mol. The van der Waals surface area contributed by atoms with E-state index in [1.54, 1.807) is 0 Å².